The Balaban J connectivity index is 0.00000338. The monoisotopic (exact) mass is 436 g/mol. The number of aliphatic imine (C=N–C) groups is 1. The van der Waals surface area contributed by atoms with Crippen LogP contribution in [0.25, 0.3) is 0 Å². The number of carbonyl (C=O) groups is 2. The molecule has 1 N–H and O–H groups in total. The van der Waals surface area contributed by atoms with Crippen molar-refractivity contribution in [2.45, 2.75) is 0 Å². The largest absolute Gasteiger partial charge is 1.00 e. The number of hydrogen-bond donors (Lipinski definition) is 1. The zero-order valence-electron chi connectivity index (χ0n) is 14.3. The van der Waals surface area contributed by atoms with Gasteiger partial charge in [-0.3, -0.25) is 19.5 Å². The topological polar surface area (TPSA) is 71.0 Å². The maximum atomic E-state index is 12.4. The van der Waals surface area contributed by atoms with E-state index in [0.29, 0.717) is 34.6 Å². The van der Waals surface area contributed by atoms with Crippen LogP contribution in [0.3, 0.4) is 0 Å². The molecule has 0 atom stereocenters. The van der Waals surface area contributed by atoms with Crippen molar-refractivity contribution in [1.82, 2.24) is 4.90 Å². The van der Waals surface area contributed by atoms with E-state index in [9.17, 15) is 9.59 Å². The Morgan fingerprint density at radius 3 is 2.58 bits per heavy atom. The van der Waals surface area contributed by atoms with Gasteiger partial charge < -0.3 is 27.0 Å². The van der Waals surface area contributed by atoms with E-state index in [1.807, 2.05) is 0 Å². The second kappa shape index (κ2) is 10.6. The first-order valence-electron chi connectivity index (χ1n) is 7.51. The Kier molecular flexibility index (Phi) is 8.87. The van der Waals surface area contributed by atoms with E-state index < -0.39 is 0 Å². The van der Waals surface area contributed by atoms with Gasteiger partial charge in [0.05, 0.1) is 18.6 Å². The van der Waals surface area contributed by atoms with Gasteiger partial charge in [0.25, 0.3) is 5.91 Å². The number of amidine groups is 1. The second-order valence-electron chi connectivity index (χ2n) is 4.94. The lowest BCUT2D eigenvalue weighted by atomic mass is 10.3. The predicted octanol–water partition coefficient (Wildman–Crippen LogP) is -0.175. The van der Waals surface area contributed by atoms with Crippen LogP contribution in [-0.2, 0) is 9.59 Å². The Bertz CT molecular complexity index is 745. The van der Waals surface area contributed by atoms with E-state index in [0.717, 1.165) is 11.8 Å². The predicted molar refractivity (Wildman–Crippen MR) is 102 cm³/mol. The first-order valence-corrected chi connectivity index (χ1v) is 8.33. The Morgan fingerprint density at radius 1 is 1.31 bits per heavy atom. The fraction of sp³-hybridized carbons (Fsp3) is 0.167. The molecule has 2 rings (SSSR count). The van der Waals surface area contributed by atoms with E-state index in [-0.39, 0.29) is 28.8 Å². The molecule has 0 bridgehead atoms. The number of amides is 2. The van der Waals surface area contributed by atoms with Crippen molar-refractivity contribution in [2.75, 3.05) is 25.5 Å². The number of hydrogen-bond acceptors (Lipinski definition) is 5. The highest BCUT2D eigenvalue weighted by Crippen LogP contribution is 2.30. The lowest BCUT2D eigenvalue weighted by Gasteiger charge is -2.12. The molecule has 26 heavy (non-hydrogen) atoms. The number of thioether (sulfide) groups is 1. The van der Waals surface area contributed by atoms with Gasteiger partial charge in [-0.05, 0) is 36.0 Å². The first-order chi connectivity index (χ1) is 12.1. The number of nitrogens with zero attached hydrogens (tertiary/aromatic N) is 2. The first kappa shape index (κ1) is 21.7. The Morgan fingerprint density at radius 2 is 2.00 bits per heavy atom. The van der Waals surface area contributed by atoms with E-state index in [4.69, 9.17) is 4.74 Å². The average molecular weight is 437 g/mol. The molecule has 8 heteroatoms. The molecule has 138 valence electrons. The van der Waals surface area contributed by atoms with E-state index in [2.05, 4.69) is 23.5 Å². The normalized spacial score (nSPS) is 16.3. The van der Waals surface area contributed by atoms with E-state index in [1.54, 1.807) is 43.5 Å². The summed E-state index contributed by atoms with van der Waals surface area (Å²) >= 11 is 1.16. The van der Waals surface area contributed by atoms with Crippen LogP contribution >= 0.6 is 11.8 Å². The lowest BCUT2D eigenvalue weighted by molar-refractivity contribution is -0.122. The second-order valence-corrected chi connectivity index (χ2v) is 5.95. The summed E-state index contributed by atoms with van der Waals surface area (Å²) in [5, 5.41) is 3.25. The van der Waals surface area contributed by atoms with Crippen molar-refractivity contribution in [3.8, 4) is 5.75 Å². The number of halogens is 1. The van der Waals surface area contributed by atoms with Gasteiger partial charge in [0, 0.05) is 18.3 Å². The van der Waals surface area contributed by atoms with Crippen LogP contribution in [0.1, 0.15) is 0 Å². The van der Waals surface area contributed by atoms with E-state index >= 15 is 0 Å². The van der Waals surface area contributed by atoms with Crippen LogP contribution < -0.4 is 27.0 Å². The summed E-state index contributed by atoms with van der Waals surface area (Å²) in [4.78, 5) is 30.7. The summed E-state index contributed by atoms with van der Waals surface area (Å²) in [6, 6.07) is 6.92. The van der Waals surface area contributed by atoms with Crippen molar-refractivity contribution in [2.24, 2.45) is 4.99 Å². The van der Waals surface area contributed by atoms with Gasteiger partial charge >= 0.3 is 0 Å². The molecule has 1 heterocycles. The molecule has 0 unspecified atom stereocenters. The minimum atomic E-state index is -0.385. The van der Waals surface area contributed by atoms with Gasteiger partial charge in [-0.2, -0.15) is 0 Å². The van der Waals surface area contributed by atoms with Crippen LogP contribution in [0.5, 0.6) is 5.75 Å². The number of carbonyl (C=O) groups excluding carboxylic acids is 2. The molecule has 6 nitrogen and oxygen atoms in total. The number of ether oxygens (including phenoxy) is 1. The van der Waals surface area contributed by atoms with Crippen molar-refractivity contribution < 1.29 is 31.3 Å². The third-order valence-electron chi connectivity index (χ3n) is 3.18. The fourth-order valence-electron chi connectivity index (χ4n) is 2.03. The van der Waals surface area contributed by atoms with Gasteiger partial charge in [0.2, 0.25) is 5.91 Å². The molecule has 0 saturated carbocycles. The van der Waals surface area contributed by atoms with Gasteiger partial charge in [0.1, 0.15) is 5.75 Å². The van der Waals surface area contributed by atoms with Gasteiger partial charge in [0.15, 0.2) is 5.17 Å². The summed E-state index contributed by atoms with van der Waals surface area (Å²) in [5.74, 6) is 0.0446. The minimum absolute atomic E-state index is 0. The number of anilines is 1. The summed E-state index contributed by atoms with van der Waals surface area (Å²) in [7, 11) is 1.57. The number of methoxy groups -OCH3 is 1. The molecular formula is C18H19BrN3O3S-. The highest BCUT2D eigenvalue weighted by atomic mass is 79.9. The summed E-state index contributed by atoms with van der Waals surface area (Å²) in [6.45, 7) is 7.98. The van der Waals surface area contributed by atoms with Gasteiger partial charge in [-0.25, -0.2) is 0 Å². The van der Waals surface area contributed by atoms with Crippen LogP contribution in [0.2, 0.25) is 0 Å². The standard InChI is InChI=1S/C18H19N3O3S.BrH/c1-4-10-19-18-21(11-5-2)17(23)15(25-18)12-16(22)20-13-6-8-14(24-3)9-7-13;/h4-9,12H,1-2,10-11H2,3H3,(H,20,22);1H/p-1/b15-12-,19-18?;. The fourth-order valence-corrected chi connectivity index (χ4v) is 3.00. The molecule has 1 aliphatic heterocycles. The quantitative estimate of drug-likeness (QED) is 0.475. The van der Waals surface area contributed by atoms with Crippen LogP contribution in [0.4, 0.5) is 5.69 Å². The maximum Gasteiger partial charge on any atom is 0.267 e. The number of benzene rings is 1. The summed E-state index contributed by atoms with van der Waals surface area (Å²) in [5.41, 5.74) is 0.613. The molecule has 1 aliphatic rings. The minimum Gasteiger partial charge on any atom is -1.00 e. The zero-order chi connectivity index (χ0) is 18.2. The molecule has 0 spiro atoms. The molecular weight excluding hydrogens is 418 g/mol. The third kappa shape index (κ3) is 5.60. The molecule has 1 aromatic carbocycles. The Labute approximate surface area is 167 Å². The zero-order valence-corrected chi connectivity index (χ0v) is 16.7. The lowest BCUT2D eigenvalue weighted by Crippen LogP contribution is -3.00. The van der Waals surface area contributed by atoms with Gasteiger partial charge in [-0.15, -0.1) is 13.2 Å². The van der Waals surface area contributed by atoms with Crippen molar-refractivity contribution in [3.05, 3.63) is 60.6 Å². The molecule has 0 aliphatic carbocycles. The number of nitrogens with one attached hydrogen (secondary N) is 1. The molecule has 1 saturated heterocycles. The molecule has 0 radical (unpaired) electrons. The van der Waals surface area contributed by atoms with Crippen LogP contribution in [0.15, 0.2) is 65.5 Å². The van der Waals surface area contributed by atoms with Crippen molar-refractivity contribution in [3.63, 3.8) is 0 Å². The van der Waals surface area contributed by atoms with Crippen LogP contribution in [-0.4, -0.2) is 42.1 Å². The SMILES string of the molecule is C=CCN=C1S/C(=C\C(=O)Nc2ccc(OC)cc2)C(=O)N1CC=C.[Br-]. The molecule has 2 amide bonds. The molecule has 1 fully saturated rings. The van der Waals surface area contributed by atoms with Crippen LogP contribution in [0, 0.1) is 0 Å². The molecule has 1 aromatic rings. The Hall–Kier alpha value is -2.32. The van der Waals surface area contributed by atoms with Gasteiger partial charge in [-0.1, -0.05) is 12.2 Å². The number of rotatable bonds is 7. The van der Waals surface area contributed by atoms with Crippen molar-refractivity contribution >= 4 is 34.4 Å². The highest BCUT2D eigenvalue weighted by molar-refractivity contribution is 8.18. The molecule has 0 aromatic heterocycles. The summed E-state index contributed by atoms with van der Waals surface area (Å²) in [6.07, 6.45) is 4.54. The highest BCUT2D eigenvalue weighted by Gasteiger charge is 2.32. The smallest absolute Gasteiger partial charge is 0.267 e. The third-order valence-corrected chi connectivity index (χ3v) is 4.22. The maximum absolute atomic E-state index is 12.4. The van der Waals surface area contributed by atoms with E-state index in [1.165, 1.54) is 11.0 Å². The van der Waals surface area contributed by atoms with Crippen molar-refractivity contribution in [1.29, 1.82) is 0 Å². The average Bonchev–Trinajstić information content (AvgIpc) is 2.89. The summed E-state index contributed by atoms with van der Waals surface area (Å²) < 4.78 is 5.07.